The lowest BCUT2D eigenvalue weighted by molar-refractivity contribution is -0.138. The zero-order valence-corrected chi connectivity index (χ0v) is 17.9. The van der Waals surface area contributed by atoms with Crippen LogP contribution in [-0.2, 0) is 9.53 Å². The van der Waals surface area contributed by atoms with Gasteiger partial charge < -0.3 is 24.6 Å². The van der Waals surface area contributed by atoms with Crippen molar-refractivity contribution in [2.75, 3.05) is 27.4 Å². The number of aliphatic hydroxyl groups is 1. The SMILES string of the molecule is COc1cccc(OC)c1[C@H]1OCC[C@@]23C[C@@H](C[C@H]12)C(C)(C)[C@@H]3NC(=O)CCO. The molecule has 1 aromatic carbocycles. The second kappa shape index (κ2) is 7.47. The number of ether oxygens (including phenoxy) is 3. The Morgan fingerprint density at radius 3 is 2.59 bits per heavy atom. The minimum absolute atomic E-state index is 0.00589. The molecule has 0 radical (unpaired) electrons. The van der Waals surface area contributed by atoms with Crippen molar-refractivity contribution in [2.24, 2.45) is 22.7 Å². The summed E-state index contributed by atoms with van der Waals surface area (Å²) in [5.41, 5.74) is 0.995. The van der Waals surface area contributed by atoms with Crippen LogP contribution in [-0.4, -0.2) is 44.5 Å². The Labute approximate surface area is 172 Å². The molecule has 3 fully saturated rings. The van der Waals surface area contributed by atoms with E-state index in [9.17, 15) is 9.90 Å². The first kappa shape index (κ1) is 20.5. The van der Waals surface area contributed by atoms with E-state index >= 15 is 0 Å². The molecule has 2 bridgehead atoms. The summed E-state index contributed by atoms with van der Waals surface area (Å²) in [6.07, 6.45) is 3.15. The van der Waals surface area contributed by atoms with E-state index in [1.54, 1.807) is 14.2 Å². The Kier molecular flexibility index (Phi) is 5.28. The molecule has 1 spiro atoms. The molecule has 29 heavy (non-hydrogen) atoms. The molecular formula is C23H33NO5. The van der Waals surface area contributed by atoms with Crippen molar-refractivity contribution >= 4 is 5.91 Å². The zero-order chi connectivity index (χ0) is 20.8. The Bertz CT molecular complexity index is 756. The van der Waals surface area contributed by atoms with Gasteiger partial charge in [0.25, 0.3) is 0 Å². The number of amides is 1. The highest BCUT2D eigenvalue weighted by molar-refractivity contribution is 5.76. The lowest BCUT2D eigenvalue weighted by Gasteiger charge is -2.53. The summed E-state index contributed by atoms with van der Waals surface area (Å²) in [5, 5.41) is 12.5. The molecule has 6 heteroatoms. The topological polar surface area (TPSA) is 77.0 Å². The molecule has 4 rings (SSSR count). The van der Waals surface area contributed by atoms with Gasteiger partial charge in [-0.1, -0.05) is 19.9 Å². The maximum atomic E-state index is 12.4. The number of nitrogens with one attached hydrogen (secondary N) is 1. The van der Waals surface area contributed by atoms with Gasteiger partial charge in [-0.05, 0) is 54.1 Å². The second-order valence-electron chi connectivity index (χ2n) is 9.39. The van der Waals surface area contributed by atoms with E-state index < -0.39 is 0 Å². The van der Waals surface area contributed by atoms with Crippen molar-refractivity contribution in [3.63, 3.8) is 0 Å². The summed E-state index contributed by atoms with van der Waals surface area (Å²) in [4.78, 5) is 12.4. The van der Waals surface area contributed by atoms with E-state index in [4.69, 9.17) is 14.2 Å². The Balaban J connectivity index is 1.73. The average Bonchev–Trinajstić information content (AvgIpc) is 3.20. The normalized spacial score (nSPS) is 34.5. The average molecular weight is 404 g/mol. The van der Waals surface area contributed by atoms with Gasteiger partial charge in [0.15, 0.2) is 0 Å². The van der Waals surface area contributed by atoms with Crippen LogP contribution in [0, 0.1) is 22.7 Å². The highest BCUT2D eigenvalue weighted by Crippen LogP contribution is 2.71. The lowest BCUT2D eigenvalue weighted by Crippen LogP contribution is -2.59. The minimum Gasteiger partial charge on any atom is -0.496 e. The van der Waals surface area contributed by atoms with Gasteiger partial charge in [-0.15, -0.1) is 0 Å². The highest BCUT2D eigenvalue weighted by atomic mass is 16.5. The molecule has 2 aliphatic carbocycles. The Morgan fingerprint density at radius 1 is 1.28 bits per heavy atom. The van der Waals surface area contributed by atoms with Crippen LogP contribution < -0.4 is 14.8 Å². The number of carbonyl (C=O) groups is 1. The first-order valence-corrected chi connectivity index (χ1v) is 10.6. The Morgan fingerprint density at radius 2 is 1.97 bits per heavy atom. The molecule has 2 N–H and O–H groups in total. The fraction of sp³-hybridized carbons (Fsp3) is 0.696. The van der Waals surface area contributed by atoms with Gasteiger partial charge in [0, 0.05) is 19.1 Å². The van der Waals surface area contributed by atoms with Crippen LogP contribution in [0.1, 0.15) is 51.2 Å². The summed E-state index contributed by atoms with van der Waals surface area (Å²) in [5.74, 6) is 2.32. The van der Waals surface area contributed by atoms with Crippen molar-refractivity contribution in [1.82, 2.24) is 5.32 Å². The van der Waals surface area contributed by atoms with E-state index in [-0.39, 0.29) is 41.9 Å². The fourth-order valence-corrected chi connectivity index (χ4v) is 6.57. The third kappa shape index (κ3) is 3.03. The van der Waals surface area contributed by atoms with Crippen LogP contribution in [0.15, 0.2) is 18.2 Å². The monoisotopic (exact) mass is 403 g/mol. The van der Waals surface area contributed by atoms with Crippen molar-refractivity contribution in [1.29, 1.82) is 0 Å². The standard InChI is InChI=1S/C23H33NO5/c1-22(2)14-12-15-20(19-16(27-3)6-5-7-17(19)28-4)29-11-9-23(15,13-14)21(22)24-18(26)8-10-25/h5-7,14-15,20-21,25H,8-13H2,1-4H3,(H,24,26)/t14-,15-,20+,21+,23-/m1/s1. The van der Waals surface area contributed by atoms with Crippen LogP contribution >= 0.6 is 0 Å². The maximum absolute atomic E-state index is 12.4. The van der Waals surface area contributed by atoms with Crippen LogP contribution in [0.2, 0.25) is 0 Å². The van der Waals surface area contributed by atoms with E-state index in [0.717, 1.165) is 36.3 Å². The third-order valence-electron chi connectivity index (χ3n) is 7.90. The smallest absolute Gasteiger partial charge is 0.222 e. The van der Waals surface area contributed by atoms with Crippen LogP contribution in [0.5, 0.6) is 11.5 Å². The summed E-state index contributed by atoms with van der Waals surface area (Å²) >= 11 is 0. The van der Waals surface area contributed by atoms with Crippen molar-refractivity contribution < 1.29 is 24.1 Å². The molecule has 2 saturated carbocycles. The molecule has 3 aliphatic rings. The maximum Gasteiger partial charge on any atom is 0.222 e. The van der Waals surface area contributed by atoms with Gasteiger partial charge in [-0.25, -0.2) is 0 Å². The second-order valence-corrected chi connectivity index (χ2v) is 9.39. The van der Waals surface area contributed by atoms with Gasteiger partial charge in [-0.3, -0.25) is 4.79 Å². The zero-order valence-electron chi connectivity index (χ0n) is 17.9. The van der Waals surface area contributed by atoms with Gasteiger partial charge >= 0.3 is 0 Å². The molecule has 0 unspecified atom stereocenters. The fourth-order valence-electron chi connectivity index (χ4n) is 6.57. The van der Waals surface area contributed by atoms with Crippen molar-refractivity contribution in [3.8, 4) is 11.5 Å². The minimum atomic E-state index is -0.122. The number of carbonyl (C=O) groups excluding carboxylic acids is 1. The third-order valence-corrected chi connectivity index (χ3v) is 7.90. The van der Waals surface area contributed by atoms with E-state index in [0.29, 0.717) is 18.4 Å². The van der Waals surface area contributed by atoms with Gasteiger partial charge in [0.1, 0.15) is 11.5 Å². The van der Waals surface area contributed by atoms with Crippen LogP contribution in [0.4, 0.5) is 0 Å². The molecule has 5 atom stereocenters. The first-order chi connectivity index (χ1) is 13.9. The molecule has 160 valence electrons. The molecule has 1 amide bonds. The molecule has 1 aromatic rings. The van der Waals surface area contributed by atoms with Gasteiger partial charge in [-0.2, -0.15) is 0 Å². The largest absolute Gasteiger partial charge is 0.496 e. The predicted octanol–water partition coefficient (Wildman–Crippen LogP) is 3.08. The van der Waals surface area contributed by atoms with E-state index in [1.165, 1.54) is 0 Å². The van der Waals surface area contributed by atoms with Gasteiger partial charge in [0.2, 0.25) is 5.91 Å². The molecule has 0 aromatic heterocycles. The van der Waals surface area contributed by atoms with E-state index in [2.05, 4.69) is 19.2 Å². The first-order valence-electron chi connectivity index (χ1n) is 10.6. The molecule has 1 saturated heterocycles. The summed E-state index contributed by atoms with van der Waals surface area (Å²) in [7, 11) is 3.36. The van der Waals surface area contributed by atoms with Crippen molar-refractivity contribution in [3.05, 3.63) is 23.8 Å². The quantitative estimate of drug-likeness (QED) is 0.763. The van der Waals surface area contributed by atoms with Gasteiger partial charge in [0.05, 0.1) is 32.5 Å². The number of fused-ring (bicyclic) bond motifs is 1. The summed E-state index contributed by atoms with van der Waals surface area (Å²) in [6.45, 7) is 5.09. The van der Waals surface area contributed by atoms with Crippen LogP contribution in [0.3, 0.4) is 0 Å². The molecule has 1 aliphatic heterocycles. The number of aliphatic hydroxyl groups excluding tert-OH is 1. The Hall–Kier alpha value is -1.79. The summed E-state index contributed by atoms with van der Waals surface area (Å²) in [6, 6.07) is 5.92. The number of rotatable bonds is 6. The number of benzene rings is 1. The molecule has 6 nitrogen and oxygen atoms in total. The molecule has 1 heterocycles. The summed E-state index contributed by atoms with van der Waals surface area (Å²) < 4.78 is 17.7. The molecular weight excluding hydrogens is 370 g/mol. The number of methoxy groups -OCH3 is 2. The van der Waals surface area contributed by atoms with Crippen LogP contribution in [0.25, 0.3) is 0 Å². The predicted molar refractivity (Wildman–Crippen MR) is 109 cm³/mol. The van der Waals surface area contributed by atoms with Crippen molar-refractivity contribution in [2.45, 2.75) is 51.7 Å². The number of hydrogen-bond acceptors (Lipinski definition) is 5. The highest BCUT2D eigenvalue weighted by Gasteiger charge is 2.68. The van der Waals surface area contributed by atoms with E-state index in [1.807, 2.05) is 18.2 Å². The lowest BCUT2D eigenvalue weighted by atomic mass is 9.58. The number of hydrogen-bond donors (Lipinski definition) is 2.